The number of rotatable bonds is 4. The van der Waals surface area contributed by atoms with Crippen LogP contribution < -0.4 is 5.32 Å². The molecule has 2 aromatic heterocycles. The highest BCUT2D eigenvalue weighted by molar-refractivity contribution is 5.73. The second kappa shape index (κ2) is 8.10. The summed E-state index contributed by atoms with van der Waals surface area (Å²) in [5.74, 6) is -0.616. The lowest BCUT2D eigenvalue weighted by Gasteiger charge is -2.31. The zero-order valence-corrected chi connectivity index (χ0v) is 16.8. The molecule has 2 N–H and O–H groups in total. The predicted molar refractivity (Wildman–Crippen MR) is 110 cm³/mol. The van der Waals surface area contributed by atoms with E-state index < -0.39 is 11.6 Å². The Morgan fingerprint density at radius 3 is 2.73 bits per heavy atom. The molecular weight excluding hydrogens is 387 g/mol. The molecule has 1 aromatic carbocycles. The molecular formula is C21H23FN6O2. The number of anilines is 2. The molecule has 3 aromatic rings. The number of phenolic OH excluding ortho intramolecular Hbond substituents is 1. The van der Waals surface area contributed by atoms with Gasteiger partial charge >= 0.3 is 0 Å². The van der Waals surface area contributed by atoms with E-state index in [0.717, 1.165) is 37.2 Å². The van der Waals surface area contributed by atoms with Gasteiger partial charge in [0.1, 0.15) is 0 Å². The van der Waals surface area contributed by atoms with Crippen molar-refractivity contribution in [2.75, 3.05) is 18.4 Å². The molecule has 1 aliphatic rings. The number of carbonyl (C=O) groups excluding carboxylic acids is 1. The van der Waals surface area contributed by atoms with Crippen LogP contribution in [0.5, 0.6) is 5.75 Å². The van der Waals surface area contributed by atoms with Gasteiger partial charge in [0.2, 0.25) is 11.9 Å². The van der Waals surface area contributed by atoms with E-state index in [9.17, 15) is 14.3 Å². The molecule has 9 heteroatoms. The molecule has 1 saturated heterocycles. The Morgan fingerprint density at radius 1 is 1.27 bits per heavy atom. The van der Waals surface area contributed by atoms with Gasteiger partial charge in [0.05, 0.1) is 23.6 Å². The Hall–Kier alpha value is -3.49. The van der Waals surface area contributed by atoms with Gasteiger partial charge in [-0.25, -0.2) is 14.4 Å². The number of hydrogen-bond acceptors (Lipinski definition) is 6. The zero-order valence-electron chi connectivity index (χ0n) is 16.8. The fourth-order valence-corrected chi connectivity index (χ4v) is 3.63. The minimum absolute atomic E-state index is 0.108. The van der Waals surface area contributed by atoms with Gasteiger partial charge in [0.25, 0.3) is 0 Å². The van der Waals surface area contributed by atoms with Crippen molar-refractivity contribution < 1.29 is 14.3 Å². The summed E-state index contributed by atoms with van der Waals surface area (Å²) < 4.78 is 15.7. The standard InChI is InChI=1S/C21H23FN6O2/c1-13-10-23-21(26-20(13)15-3-4-19(30)18(22)9-15)25-16-11-24-28(12-16)17-5-7-27(8-6-17)14(2)29/h3-4,9-12,17,30H,5-8H2,1-2H3,(H,23,25,26). The molecule has 1 fully saturated rings. The maximum atomic E-state index is 13.8. The van der Waals surface area contributed by atoms with Crippen LogP contribution in [0.15, 0.2) is 36.8 Å². The molecule has 0 unspecified atom stereocenters. The summed E-state index contributed by atoms with van der Waals surface area (Å²) in [7, 11) is 0. The molecule has 4 rings (SSSR count). The minimum Gasteiger partial charge on any atom is -0.505 e. The van der Waals surface area contributed by atoms with E-state index in [1.165, 1.54) is 12.1 Å². The number of aromatic hydroxyl groups is 1. The van der Waals surface area contributed by atoms with Crippen LogP contribution in [0.1, 0.15) is 31.4 Å². The van der Waals surface area contributed by atoms with E-state index in [0.29, 0.717) is 17.2 Å². The van der Waals surface area contributed by atoms with Gasteiger partial charge in [0, 0.05) is 38.0 Å². The highest BCUT2D eigenvalue weighted by Gasteiger charge is 2.22. The van der Waals surface area contributed by atoms with Gasteiger partial charge in [0.15, 0.2) is 11.6 Å². The summed E-state index contributed by atoms with van der Waals surface area (Å²) in [4.78, 5) is 22.2. The summed E-state index contributed by atoms with van der Waals surface area (Å²) in [6.45, 7) is 4.90. The van der Waals surface area contributed by atoms with Crippen molar-refractivity contribution in [1.82, 2.24) is 24.6 Å². The molecule has 1 aliphatic heterocycles. The topological polar surface area (TPSA) is 96.2 Å². The fourth-order valence-electron chi connectivity index (χ4n) is 3.63. The van der Waals surface area contributed by atoms with Crippen LogP contribution in [0.2, 0.25) is 0 Å². The van der Waals surface area contributed by atoms with Crippen molar-refractivity contribution in [3.05, 3.63) is 48.2 Å². The van der Waals surface area contributed by atoms with E-state index in [2.05, 4.69) is 20.4 Å². The quantitative estimate of drug-likeness (QED) is 0.684. The molecule has 0 bridgehead atoms. The molecule has 8 nitrogen and oxygen atoms in total. The number of benzene rings is 1. The van der Waals surface area contributed by atoms with Gasteiger partial charge in [-0.15, -0.1) is 0 Å². The molecule has 156 valence electrons. The van der Waals surface area contributed by atoms with Gasteiger partial charge < -0.3 is 15.3 Å². The molecule has 0 spiro atoms. The first-order valence-electron chi connectivity index (χ1n) is 9.80. The van der Waals surface area contributed by atoms with E-state index >= 15 is 0 Å². The summed E-state index contributed by atoms with van der Waals surface area (Å²) in [6, 6.07) is 4.41. The lowest BCUT2D eigenvalue weighted by atomic mass is 10.1. The number of aromatic nitrogens is 4. The van der Waals surface area contributed by atoms with Gasteiger partial charge in [-0.1, -0.05) is 0 Å². The molecule has 0 aliphatic carbocycles. The number of piperidine rings is 1. The van der Waals surface area contributed by atoms with Gasteiger partial charge in [-0.3, -0.25) is 9.48 Å². The SMILES string of the molecule is CC(=O)N1CCC(n2cc(Nc3ncc(C)c(-c4ccc(O)c(F)c4)n3)cn2)CC1. The third-order valence-corrected chi connectivity index (χ3v) is 5.33. The van der Waals surface area contributed by atoms with Crippen LogP contribution >= 0.6 is 0 Å². The number of likely N-dealkylation sites (tertiary alicyclic amines) is 1. The average Bonchev–Trinajstić information content (AvgIpc) is 3.20. The zero-order chi connectivity index (χ0) is 21.3. The first kappa shape index (κ1) is 19.8. The average molecular weight is 410 g/mol. The van der Waals surface area contributed by atoms with E-state index in [1.807, 2.05) is 22.7 Å². The summed E-state index contributed by atoms with van der Waals surface area (Å²) in [5, 5.41) is 17.0. The number of nitrogens with one attached hydrogen (secondary N) is 1. The number of halogens is 1. The number of amides is 1. The van der Waals surface area contributed by atoms with E-state index in [-0.39, 0.29) is 11.9 Å². The fraction of sp³-hybridized carbons (Fsp3) is 0.333. The van der Waals surface area contributed by atoms with Crippen LogP contribution in [0, 0.1) is 12.7 Å². The Balaban J connectivity index is 1.49. The molecule has 3 heterocycles. The number of nitrogens with zero attached hydrogens (tertiary/aromatic N) is 5. The van der Waals surface area contributed by atoms with Crippen molar-refractivity contribution in [3.8, 4) is 17.0 Å². The largest absolute Gasteiger partial charge is 0.505 e. The van der Waals surface area contributed by atoms with Crippen LogP contribution in [0.3, 0.4) is 0 Å². The van der Waals surface area contributed by atoms with E-state index in [1.54, 1.807) is 25.4 Å². The molecule has 0 atom stereocenters. The van der Waals surface area contributed by atoms with Crippen molar-refractivity contribution in [3.63, 3.8) is 0 Å². The second-order valence-electron chi connectivity index (χ2n) is 7.46. The predicted octanol–water partition coefficient (Wildman–Crippen LogP) is 3.42. The molecule has 1 amide bonds. The molecule has 30 heavy (non-hydrogen) atoms. The molecule has 0 saturated carbocycles. The number of hydrogen-bond donors (Lipinski definition) is 2. The van der Waals surface area contributed by atoms with Crippen LogP contribution in [-0.2, 0) is 4.79 Å². The lowest BCUT2D eigenvalue weighted by Crippen LogP contribution is -2.37. The second-order valence-corrected chi connectivity index (χ2v) is 7.46. The summed E-state index contributed by atoms with van der Waals surface area (Å²) in [6.07, 6.45) is 6.99. The van der Waals surface area contributed by atoms with Crippen LogP contribution in [0.25, 0.3) is 11.3 Å². The number of aryl methyl sites for hydroxylation is 1. The molecule has 0 radical (unpaired) electrons. The van der Waals surface area contributed by atoms with Crippen LogP contribution in [-0.4, -0.2) is 48.8 Å². The Labute approximate surface area is 173 Å². The third kappa shape index (κ3) is 4.10. The monoisotopic (exact) mass is 410 g/mol. The Bertz CT molecular complexity index is 1080. The van der Waals surface area contributed by atoms with Crippen molar-refractivity contribution in [1.29, 1.82) is 0 Å². The van der Waals surface area contributed by atoms with Crippen molar-refractivity contribution in [2.24, 2.45) is 0 Å². The highest BCUT2D eigenvalue weighted by Crippen LogP contribution is 2.28. The Kier molecular flexibility index (Phi) is 5.35. The number of phenols is 1. The normalized spacial score (nSPS) is 14.7. The Morgan fingerprint density at radius 2 is 2.03 bits per heavy atom. The van der Waals surface area contributed by atoms with Crippen molar-refractivity contribution >= 4 is 17.5 Å². The van der Waals surface area contributed by atoms with Crippen LogP contribution in [0.4, 0.5) is 16.0 Å². The highest BCUT2D eigenvalue weighted by atomic mass is 19.1. The minimum atomic E-state index is -0.697. The maximum Gasteiger partial charge on any atom is 0.227 e. The van der Waals surface area contributed by atoms with E-state index in [4.69, 9.17) is 0 Å². The summed E-state index contributed by atoms with van der Waals surface area (Å²) in [5.41, 5.74) is 2.67. The number of carbonyl (C=O) groups is 1. The van der Waals surface area contributed by atoms with Crippen molar-refractivity contribution in [2.45, 2.75) is 32.7 Å². The lowest BCUT2D eigenvalue weighted by molar-refractivity contribution is -0.130. The third-order valence-electron chi connectivity index (χ3n) is 5.33. The first-order valence-corrected chi connectivity index (χ1v) is 9.80. The summed E-state index contributed by atoms with van der Waals surface area (Å²) >= 11 is 0. The van der Waals surface area contributed by atoms with Gasteiger partial charge in [-0.2, -0.15) is 5.10 Å². The smallest absolute Gasteiger partial charge is 0.227 e. The first-order chi connectivity index (χ1) is 14.4. The maximum absolute atomic E-state index is 13.8. The van der Waals surface area contributed by atoms with Gasteiger partial charge in [-0.05, 0) is 43.5 Å².